The molecule has 1 rings (SSSR count). The predicted molar refractivity (Wildman–Crippen MR) is 50.6 cm³/mol. The fourth-order valence-corrected chi connectivity index (χ4v) is 1.99. The first kappa shape index (κ1) is 8.83. The van der Waals surface area contributed by atoms with Crippen molar-refractivity contribution in [3.05, 3.63) is 12.2 Å². The maximum absolute atomic E-state index is 4.03. The van der Waals surface area contributed by atoms with Crippen LogP contribution in [0.15, 0.2) is 12.2 Å². The number of rotatable bonds is 2. The van der Waals surface area contributed by atoms with Gasteiger partial charge in [-0.15, -0.1) is 0 Å². The number of hydrogen-bond donors (Lipinski definition) is 0. The molecule has 0 amide bonds. The Kier molecular flexibility index (Phi) is 3.16. The summed E-state index contributed by atoms with van der Waals surface area (Å²) in [5.74, 6) is 1.88. The molecule has 0 saturated heterocycles. The molecule has 0 radical (unpaired) electrons. The third-order valence-electron chi connectivity index (χ3n) is 2.62. The van der Waals surface area contributed by atoms with Gasteiger partial charge in [-0.25, -0.2) is 0 Å². The van der Waals surface area contributed by atoms with Gasteiger partial charge in [0.15, 0.2) is 0 Å². The third-order valence-corrected chi connectivity index (χ3v) is 2.62. The SMILES string of the molecule is C=C1CCC(CC(C)C)CC1. The highest BCUT2D eigenvalue weighted by molar-refractivity contribution is 4.98. The van der Waals surface area contributed by atoms with E-state index in [2.05, 4.69) is 20.4 Å². The Labute approximate surface area is 70.7 Å². The molecule has 1 aliphatic carbocycles. The maximum atomic E-state index is 4.03. The molecule has 0 atom stereocenters. The van der Waals surface area contributed by atoms with E-state index in [1.54, 1.807) is 0 Å². The van der Waals surface area contributed by atoms with E-state index < -0.39 is 0 Å². The van der Waals surface area contributed by atoms with Gasteiger partial charge in [0.05, 0.1) is 0 Å². The smallest absolute Gasteiger partial charge is 0.0320 e. The monoisotopic (exact) mass is 152 g/mol. The zero-order valence-corrected chi connectivity index (χ0v) is 7.90. The van der Waals surface area contributed by atoms with Gasteiger partial charge in [0.1, 0.15) is 0 Å². The lowest BCUT2D eigenvalue weighted by Crippen LogP contribution is -2.09. The van der Waals surface area contributed by atoms with Crippen molar-refractivity contribution in [2.45, 2.75) is 46.0 Å². The van der Waals surface area contributed by atoms with Crippen molar-refractivity contribution >= 4 is 0 Å². The van der Waals surface area contributed by atoms with E-state index in [0.29, 0.717) is 0 Å². The van der Waals surface area contributed by atoms with Gasteiger partial charge >= 0.3 is 0 Å². The summed E-state index contributed by atoms with van der Waals surface area (Å²) in [5.41, 5.74) is 1.48. The van der Waals surface area contributed by atoms with Gasteiger partial charge < -0.3 is 0 Å². The van der Waals surface area contributed by atoms with Gasteiger partial charge in [-0.1, -0.05) is 26.0 Å². The van der Waals surface area contributed by atoms with Crippen molar-refractivity contribution in [2.75, 3.05) is 0 Å². The van der Waals surface area contributed by atoms with Gasteiger partial charge in [0, 0.05) is 0 Å². The lowest BCUT2D eigenvalue weighted by Gasteiger charge is -2.24. The highest BCUT2D eigenvalue weighted by Gasteiger charge is 2.15. The summed E-state index contributed by atoms with van der Waals surface area (Å²) in [5, 5.41) is 0. The molecule has 1 fully saturated rings. The average Bonchev–Trinajstić information content (AvgIpc) is 1.93. The van der Waals surface area contributed by atoms with Gasteiger partial charge in [-0.3, -0.25) is 0 Å². The molecule has 0 heteroatoms. The van der Waals surface area contributed by atoms with E-state index in [1.807, 2.05) is 0 Å². The summed E-state index contributed by atoms with van der Waals surface area (Å²) in [6, 6.07) is 0. The molecule has 64 valence electrons. The highest BCUT2D eigenvalue weighted by atomic mass is 14.2. The van der Waals surface area contributed by atoms with Crippen LogP contribution in [0, 0.1) is 11.8 Å². The van der Waals surface area contributed by atoms with Crippen LogP contribution in [-0.2, 0) is 0 Å². The lowest BCUT2D eigenvalue weighted by molar-refractivity contribution is 0.339. The Morgan fingerprint density at radius 1 is 1.36 bits per heavy atom. The molecule has 11 heavy (non-hydrogen) atoms. The third kappa shape index (κ3) is 3.09. The van der Waals surface area contributed by atoms with Gasteiger partial charge in [-0.2, -0.15) is 0 Å². The second-order valence-electron chi connectivity index (χ2n) is 4.32. The van der Waals surface area contributed by atoms with E-state index >= 15 is 0 Å². The molecular formula is C11H20. The second kappa shape index (κ2) is 3.94. The Bertz CT molecular complexity index is 123. The van der Waals surface area contributed by atoms with Crippen LogP contribution in [-0.4, -0.2) is 0 Å². The first-order chi connectivity index (χ1) is 5.18. The van der Waals surface area contributed by atoms with E-state index in [-0.39, 0.29) is 0 Å². The van der Waals surface area contributed by atoms with Gasteiger partial charge in [-0.05, 0) is 43.9 Å². The lowest BCUT2D eigenvalue weighted by atomic mass is 9.82. The summed E-state index contributed by atoms with van der Waals surface area (Å²) < 4.78 is 0. The molecule has 0 N–H and O–H groups in total. The molecule has 0 aromatic carbocycles. The normalized spacial score (nSPS) is 21.2. The van der Waals surface area contributed by atoms with Crippen molar-refractivity contribution in [1.29, 1.82) is 0 Å². The minimum atomic E-state index is 0.881. The van der Waals surface area contributed by atoms with E-state index in [0.717, 1.165) is 11.8 Å². The fourth-order valence-electron chi connectivity index (χ4n) is 1.99. The van der Waals surface area contributed by atoms with Crippen LogP contribution in [0.4, 0.5) is 0 Å². The summed E-state index contributed by atoms with van der Waals surface area (Å²) in [4.78, 5) is 0. The first-order valence-electron chi connectivity index (χ1n) is 4.85. The summed E-state index contributed by atoms with van der Waals surface area (Å²) in [6.45, 7) is 8.67. The molecule has 0 aromatic heterocycles. The van der Waals surface area contributed by atoms with Crippen molar-refractivity contribution in [1.82, 2.24) is 0 Å². The highest BCUT2D eigenvalue weighted by Crippen LogP contribution is 2.31. The molecule has 1 saturated carbocycles. The summed E-state index contributed by atoms with van der Waals surface area (Å²) in [7, 11) is 0. The first-order valence-corrected chi connectivity index (χ1v) is 4.85. The molecule has 0 spiro atoms. The van der Waals surface area contributed by atoms with Crippen LogP contribution in [0.2, 0.25) is 0 Å². The van der Waals surface area contributed by atoms with Gasteiger partial charge in [0.2, 0.25) is 0 Å². The molecule has 1 aliphatic rings. The topological polar surface area (TPSA) is 0 Å². The van der Waals surface area contributed by atoms with Crippen molar-refractivity contribution in [2.24, 2.45) is 11.8 Å². The largest absolute Gasteiger partial charge is 0.0999 e. The van der Waals surface area contributed by atoms with Crippen LogP contribution in [0.1, 0.15) is 46.0 Å². The molecule has 0 aliphatic heterocycles. The van der Waals surface area contributed by atoms with E-state index in [9.17, 15) is 0 Å². The molecule has 0 aromatic rings. The Morgan fingerprint density at radius 2 is 1.91 bits per heavy atom. The molecule has 0 heterocycles. The fraction of sp³-hybridized carbons (Fsp3) is 0.818. The van der Waals surface area contributed by atoms with Crippen molar-refractivity contribution in [3.63, 3.8) is 0 Å². The minimum absolute atomic E-state index is 0.881. The van der Waals surface area contributed by atoms with Crippen molar-refractivity contribution < 1.29 is 0 Å². The van der Waals surface area contributed by atoms with E-state index in [1.165, 1.54) is 37.7 Å². The number of hydrogen-bond acceptors (Lipinski definition) is 0. The van der Waals surface area contributed by atoms with Crippen LogP contribution in [0.25, 0.3) is 0 Å². The zero-order valence-electron chi connectivity index (χ0n) is 7.90. The van der Waals surface area contributed by atoms with Crippen LogP contribution in [0.3, 0.4) is 0 Å². The van der Waals surface area contributed by atoms with Crippen LogP contribution in [0.5, 0.6) is 0 Å². The molecule has 0 bridgehead atoms. The average molecular weight is 152 g/mol. The zero-order chi connectivity index (χ0) is 8.27. The van der Waals surface area contributed by atoms with Crippen molar-refractivity contribution in [3.8, 4) is 0 Å². The minimum Gasteiger partial charge on any atom is -0.0999 e. The molecule has 0 unspecified atom stereocenters. The Hall–Kier alpha value is -0.260. The maximum Gasteiger partial charge on any atom is -0.0320 e. The predicted octanol–water partition coefficient (Wildman–Crippen LogP) is 3.78. The summed E-state index contributed by atoms with van der Waals surface area (Å²) in [6.07, 6.45) is 6.80. The molecular weight excluding hydrogens is 132 g/mol. The standard InChI is InChI=1S/C11H20/c1-9(2)8-11-6-4-10(3)5-7-11/h9,11H,3-8H2,1-2H3. The summed E-state index contributed by atoms with van der Waals surface area (Å²) >= 11 is 0. The molecule has 0 nitrogen and oxygen atoms in total. The quantitative estimate of drug-likeness (QED) is 0.528. The Balaban J connectivity index is 2.22. The van der Waals surface area contributed by atoms with Crippen LogP contribution < -0.4 is 0 Å². The number of allylic oxidation sites excluding steroid dienone is 1. The Morgan fingerprint density at radius 3 is 2.36 bits per heavy atom. The van der Waals surface area contributed by atoms with Gasteiger partial charge in [0.25, 0.3) is 0 Å². The van der Waals surface area contributed by atoms with E-state index in [4.69, 9.17) is 0 Å². The second-order valence-corrected chi connectivity index (χ2v) is 4.32. The van der Waals surface area contributed by atoms with Crippen LogP contribution >= 0.6 is 0 Å².